The number of anilines is 1. The van der Waals surface area contributed by atoms with Crippen LogP contribution in [0.15, 0.2) is 30.3 Å². The van der Waals surface area contributed by atoms with Crippen LogP contribution in [-0.2, 0) is 4.74 Å². The first-order chi connectivity index (χ1) is 7.77. The van der Waals surface area contributed by atoms with Crippen LogP contribution in [0, 0.1) is 0 Å². The van der Waals surface area contributed by atoms with E-state index in [-0.39, 0.29) is 0 Å². The molecule has 0 aromatic heterocycles. The molecule has 0 saturated heterocycles. The summed E-state index contributed by atoms with van der Waals surface area (Å²) in [6.07, 6.45) is -0.430. The van der Waals surface area contributed by atoms with Gasteiger partial charge in [0.2, 0.25) is 0 Å². The minimum atomic E-state index is -0.430. The van der Waals surface area contributed by atoms with E-state index in [0.29, 0.717) is 19.8 Å². The lowest BCUT2D eigenvalue weighted by Gasteiger charge is -2.25. The topological polar surface area (TPSA) is 32.7 Å². The van der Waals surface area contributed by atoms with Gasteiger partial charge in [-0.2, -0.15) is 0 Å². The van der Waals surface area contributed by atoms with Crippen LogP contribution in [0.25, 0.3) is 0 Å². The van der Waals surface area contributed by atoms with Crippen LogP contribution in [0.2, 0.25) is 0 Å². The number of benzene rings is 1. The molecule has 0 radical (unpaired) electrons. The standard InChI is InChI=1S/C13H21NO2/c1-3-14(10-13(15)11-16-4-2)12-8-6-5-7-9-12/h5-9,13,15H,3-4,10-11H2,1-2H3. The zero-order valence-corrected chi connectivity index (χ0v) is 10.1. The molecule has 90 valence electrons. The summed E-state index contributed by atoms with van der Waals surface area (Å²) in [6.45, 7) is 6.56. The third kappa shape index (κ3) is 4.21. The molecule has 0 amide bonds. The van der Waals surface area contributed by atoms with Gasteiger partial charge in [-0.15, -0.1) is 0 Å². The van der Waals surface area contributed by atoms with Crippen LogP contribution in [0.1, 0.15) is 13.8 Å². The molecule has 0 aliphatic rings. The van der Waals surface area contributed by atoms with Gasteiger partial charge in [0.1, 0.15) is 0 Å². The van der Waals surface area contributed by atoms with E-state index >= 15 is 0 Å². The quantitative estimate of drug-likeness (QED) is 0.766. The molecule has 3 heteroatoms. The third-order valence-corrected chi connectivity index (χ3v) is 2.45. The zero-order chi connectivity index (χ0) is 11.8. The summed E-state index contributed by atoms with van der Waals surface area (Å²) in [5.41, 5.74) is 1.14. The van der Waals surface area contributed by atoms with Gasteiger partial charge in [-0.1, -0.05) is 18.2 Å². The molecule has 0 heterocycles. The summed E-state index contributed by atoms with van der Waals surface area (Å²) >= 11 is 0. The first-order valence-electron chi connectivity index (χ1n) is 5.83. The Hall–Kier alpha value is -1.06. The van der Waals surface area contributed by atoms with Gasteiger partial charge in [-0.3, -0.25) is 0 Å². The van der Waals surface area contributed by atoms with E-state index in [0.717, 1.165) is 12.2 Å². The van der Waals surface area contributed by atoms with Gasteiger partial charge in [-0.05, 0) is 26.0 Å². The van der Waals surface area contributed by atoms with Gasteiger partial charge in [0.15, 0.2) is 0 Å². The largest absolute Gasteiger partial charge is 0.389 e. The fourth-order valence-corrected chi connectivity index (χ4v) is 1.62. The molecule has 0 saturated carbocycles. The second kappa shape index (κ2) is 7.25. The fourth-order valence-electron chi connectivity index (χ4n) is 1.62. The van der Waals surface area contributed by atoms with Crippen molar-refractivity contribution >= 4 is 5.69 Å². The number of ether oxygens (including phenoxy) is 1. The van der Waals surface area contributed by atoms with Crippen molar-refractivity contribution in [3.05, 3.63) is 30.3 Å². The van der Waals surface area contributed by atoms with Gasteiger partial charge in [0.05, 0.1) is 12.7 Å². The molecule has 0 spiro atoms. The minimum absolute atomic E-state index is 0.403. The first kappa shape index (κ1) is 13.0. The third-order valence-electron chi connectivity index (χ3n) is 2.45. The SMILES string of the molecule is CCOCC(O)CN(CC)c1ccccc1. The molecule has 1 atom stereocenters. The normalized spacial score (nSPS) is 12.4. The van der Waals surface area contributed by atoms with Crippen molar-refractivity contribution in [3.63, 3.8) is 0 Å². The van der Waals surface area contributed by atoms with Crippen molar-refractivity contribution in [2.45, 2.75) is 20.0 Å². The van der Waals surface area contributed by atoms with Gasteiger partial charge < -0.3 is 14.7 Å². The molecule has 0 aliphatic carbocycles. The predicted octanol–water partition coefficient (Wildman–Crippen LogP) is 1.91. The molecule has 16 heavy (non-hydrogen) atoms. The molecule has 1 aromatic rings. The van der Waals surface area contributed by atoms with Crippen molar-refractivity contribution in [1.82, 2.24) is 0 Å². The monoisotopic (exact) mass is 223 g/mol. The van der Waals surface area contributed by atoms with Crippen LogP contribution in [0.4, 0.5) is 5.69 Å². The molecule has 0 fully saturated rings. The molecule has 1 unspecified atom stereocenters. The Morgan fingerprint density at radius 1 is 1.25 bits per heavy atom. The van der Waals surface area contributed by atoms with E-state index in [2.05, 4.69) is 24.0 Å². The van der Waals surface area contributed by atoms with Crippen LogP contribution in [0.3, 0.4) is 0 Å². The highest BCUT2D eigenvalue weighted by Crippen LogP contribution is 2.13. The summed E-state index contributed by atoms with van der Waals surface area (Å²) in [5.74, 6) is 0. The highest BCUT2D eigenvalue weighted by molar-refractivity contribution is 5.45. The van der Waals surface area contributed by atoms with Gasteiger partial charge in [0, 0.05) is 25.4 Å². The summed E-state index contributed by atoms with van der Waals surface area (Å²) in [4.78, 5) is 2.14. The second-order valence-corrected chi connectivity index (χ2v) is 3.69. The Labute approximate surface area is 97.7 Å². The Bertz CT molecular complexity index is 277. The van der Waals surface area contributed by atoms with E-state index in [1.807, 2.05) is 25.1 Å². The van der Waals surface area contributed by atoms with Crippen LogP contribution < -0.4 is 4.90 Å². The Kier molecular flexibility index (Phi) is 5.90. The number of aliphatic hydroxyl groups excluding tert-OH is 1. The maximum Gasteiger partial charge on any atom is 0.0947 e. The summed E-state index contributed by atoms with van der Waals surface area (Å²) in [6, 6.07) is 10.1. The Morgan fingerprint density at radius 3 is 2.50 bits per heavy atom. The summed E-state index contributed by atoms with van der Waals surface area (Å²) in [7, 11) is 0. The van der Waals surface area contributed by atoms with Crippen LogP contribution in [-0.4, -0.2) is 37.5 Å². The van der Waals surface area contributed by atoms with Crippen molar-refractivity contribution in [2.75, 3.05) is 31.2 Å². The number of rotatable bonds is 7. The average Bonchev–Trinajstić information content (AvgIpc) is 2.34. The molecular formula is C13H21NO2. The Morgan fingerprint density at radius 2 is 1.94 bits per heavy atom. The number of nitrogens with zero attached hydrogens (tertiary/aromatic N) is 1. The smallest absolute Gasteiger partial charge is 0.0947 e. The second-order valence-electron chi connectivity index (χ2n) is 3.69. The van der Waals surface area contributed by atoms with E-state index in [1.54, 1.807) is 0 Å². The maximum atomic E-state index is 9.78. The highest BCUT2D eigenvalue weighted by Gasteiger charge is 2.10. The number of hydrogen-bond acceptors (Lipinski definition) is 3. The van der Waals surface area contributed by atoms with Crippen LogP contribution in [0.5, 0.6) is 0 Å². The van der Waals surface area contributed by atoms with E-state index < -0.39 is 6.10 Å². The van der Waals surface area contributed by atoms with Crippen molar-refractivity contribution in [3.8, 4) is 0 Å². The summed E-state index contributed by atoms with van der Waals surface area (Å²) in [5, 5.41) is 9.78. The number of likely N-dealkylation sites (N-methyl/N-ethyl adjacent to an activating group) is 1. The lowest BCUT2D eigenvalue weighted by atomic mass is 10.2. The van der Waals surface area contributed by atoms with Gasteiger partial charge in [-0.25, -0.2) is 0 Å². The molecule has 0 aliphatic heterocycles. The number of hydrogen-bond donors (Lipinski definition) is 1. The first-order valence-corrected chi connectivity index (χ1v) is 5.83. The highest BCUT2D eigenvalue weighted by atomic mass is 16.5. The lowest BCUT2D eigenvalue weighted by Crippen LogP contribution is -2.34. The number of aliphatic hydroxyl groups is 1. The van der Waals surface area contributed by atoms with E-state index in [4.69, 9.17) is 4.74 Å². The molecule has 1 rings (SSSR count). The van der Waals surface area contributed by atoms with E-state index in [9.17, 15) is 5.11 Å². The van der Waals surface area contributed by atoms with Gasteiger partial charge >= 0.3 is 0 Å². The predicted molar refractivity (Wildman–Crippen MR) is 66.8 cm³/mol. The summed E-state index contributed by atoms with van der Waals surface area (Å²) < 4.78 is 5.20. The lowest BCUT2D eigenvalue weighted by molar-refractivity contribution is 0.0464. The van der Waals surface area contributed by atoms with E-state index in [1.165, 1.54) is 0 Å². The molecular weight excluding hydrogens is 202 g/mol. The van der Waals surface area contributed by atoms with Crippen molar-refractivity contribution in [2.24, 2.45) is 0 Å². The number of para-hydroxylation sites is 1. The molecule has 0 bridgehead atoms. The Balaban J connectivity index is 2.49. The van der Waals surface area contributed by atoms with Crippen LogP contribution >= 0.6 is 0 Å². The molecule has 1 N–H and O–H groups in total. The molecule has 3 nitrogen and oxygen atoms in total. The average molecular weight is 223 g/mol. The minimum Gasteiger partial charge on any atom is -0.389 e. The van der Waals surface area contributed by atoms with Crippen molar-refractivity contribution < 1.29 is 9.84 Å². The molecule has 1 aromatic carbocycles. The maximum absolute atomic E-state index is 9.78. The fraction of sp³-hybridized carbons (Fsp3) is 0.538. The van der Waals surface area contributed by atoms with Gasteiger partial charge in [0.25, 0.3) is 0 Å². The van der Waals surface area contributed by atoms with Crippen molar-refractivity contribution in [1.29, 1.82) is 0 Å². The zero-order valence-electron chi connectivity index (χ0n) is 10.1.